The number of benzene rings is 1. The van der Waals surface area contributed by atoms with E-state index < -0.39 is 21.4 Å². The Hall–Kier alpha value is -0.980. The van der Waals surface area contributed by atoms with E-state index in [4.69, 9.17) is 0 Å². The lowest BCUT2D eigenvalue weighted by molar-refractivity contribution is 0.537. The molecule has 0 amide bonds. The molecule has 1 aliphatic carbocycles. The molecule has 1 aromatic carbocycles. The van der Waals surface area contributed by atoms with E-state index in [0.29, 0.717) is 6.54 Å². The van der Waals surface area contributed by atoms with Crippen molar-refractivity contribution in [3.05, 3.63) is 29.6 Å². The Morgan fingerprint density at radius 2 is 2.00 bits per heavy atom. The van der Waals surface area contributed by atoms with Crippen LogP contribution in [0.2, 0.25) is 0 Å². The highest BCUT2D eigenvalue weighted by molar-refractivity contribution is 7.89. The molecule has 0 unspecified atom stereocenters. The first-order valence-electron chi connectivity index (χ1n) is 6.78. The Morgan fingerprint density at radius 3 is 2.50 bits per heavy atom. The predicted octanol–water partition coefficient (Wildman–Crippen LogP) is 2.15. The molecule has 2 rings (SSSR count). The summed E-state index contributed by atoms with van der Waals surface area (Å²) in [6.07, 6.45) is 1.59. The third kappa shape index (κ3) is 3.77. The van der Waals surface area contributed by atoms with E-state index in [0.717, 1.165) is 18.4 Å². The van der Waals surface area contributed by atoms with Crippen molar-refractivity contribution in [2.24, 2.45) is 0 Å². The van der Waals surface area contributed by atoms with E-state index >= 15 is 0 Å². The Bertz CT molecular complexity index is 595. The third-order valence-corrected chi connectivity index (χ3v) is 5.05. The number of nitrogens with one attached hydrogen (secondary N) is 2. The van der Waals surface area contributed by atoms with Crippen molar-refractivity contribution in [3.8, 4) is 0 Å². The molecule has 0 atom stereocenters. The fourth-order valence-corrected chi connectivity index (χ4v) is 3.39. The molecule has 4 nitrogen and oxygen atoms in total. The van der Waals surface area contributed by atoms with Crippen molar-refractivity contribution in [2.75, 3.05) is 0 Å². The largest absolute Gasteiger partial charge is 0.310 e. The highest BCUT2D eigenvalue weighted by Gasteiger charge is 2.41. The molecule has 1 fully saturated rings. The standard InChI is InChI=1S/C14H21FN2O2S/c1-10(2)16-9-11-4-5-13(12(15)8-11)20(18,19)17-14(3)6-7-14/h4-5,8,10,16-17H,6-7,9H2,1-3H3. The van der Waals surface area contributed by atoms with Gasteiger partial charge in [-0.3, -0.25) is 0 Å². The highest BCUT2D eigenvalue weighted by Crippen LogP contribution is 2.36. The zero-order valence-corrected chi connectivity index (χ0v) is 12.8. The van der Waals surface area contributed by atoms with Crippen LogP contribution in [0.4, 0.5) is 4.39 Å². The zero-order chi connectivity index (χ0) is 15.0. The fourth-order valence-electron chi connectivity index (χ4n) is 1.86. The van der Waals surface area contributed by atoms with Gasteiger partial charge in [0.15, 0.2) is 0 Å². The molecule has 0 radical (unpaired) electrons. The lowest BCUT2D eigenvalue weighted by Crippen LogP contribution is -2.34. The van der Waals surface area contributed by atoms with E-state index in [1.807, 2.05) is 20.8 Å². The smallest absolute Gasteiger partial charge is 0.243 e. The van der Waals surface area contributed by atoms with Crippen LogP contribution < -0.4 is 10.0 Å². The molecule has 0 bridgehead atoms. The second-order valence-corrected chi connectivity index (χ2v) is 7.62. The number of halogens is 1. The van der Waals surface area contributed by atoms with Crippen molar-refractivity contribution in [3.63, 3.8) is 0 Å². The molecule has 0 heterocycles. The van der Waals surface area contributed by atoms with Gasteiger partial charge in [0.1, 0.15) is 10.7 Å². The molecule has 6 heteroatoms. The monoisotopic (exact) mass is 300 g/mol. The lowest BCUT2D eigenvalue weighted by Gasteiger charge is -2.14. The van der Waals surface area contributed by atoms with Gasteiger partial charge >= 0.3 is 0 Å². The minimum absolute atomic E-state index is 0.279. The van der Waals surface area contributed by atoms with E-state index in [1.54, 1.807) is 6.07 Å². The maximum Gasteiger partial charge on any atom is 0.243 e. The van der Waals surface area contributed by atoms with Crippen LogP contribution in [0, 0.1) is 5.82 Å². The molecule has 0 spiro atoms. The van der Waals surface area contributed by atoms with Gasteiger partial charge in [-0.2, -0.15) is 0 Å². The van der Waals surface area contributed by atoms with Gasteiger partial charge in [-0.1, -0.05) is 19.9 Å². The van der Waals surface area contributed by atoms with Gasteiger partial charge in [-0.25, -0.2) is 17.5 Å². The van der Waals surface area contributed by atoms with Crippen molar-refractivity contribution in [2.45, 2.75) is 56.6 Å². The molecule has 1 aliphatic rings. The van der Waals surface area contributed by atoms with Crippen molar-refractivity contribution < 1.29 is 12.8 Å². The van der Waals surface area contributed by atoms with Gasteiger partial charge < -0.3 is 5.32 Å². The predicted molar refractivity (Wildman–Crippen MR) is 76.3 cm³/mol. The van der Waals surface area contributed by atoms with Gasteiger partial charge in [0.2, 0.25) is 10.0 Å². The van der Waals surface area contributed by atoms with Gasteiger partial charge in [0, 0.05) is 18.1 Å². The van der Waals surface area contributed by atoms with Gasteiger partial charge in [-0.05, 0) is 37.5 Å². The zero-order valence-electron chi connectivity index (χ0n) is 12.0. The third-order valence-electron chi connectivity index (χ3n) is 3.38. The Kier molecular flexibility index (Phi) is 4.18. The minimum atomic E-state index is -3.78. The molecule has 1 saturated carbocycles. The molecular formula is C14H21FN2O2S. The number of sulfonamides is 1. The van der Waals surface area contributed by atoms with Crippen LogP contribution in [0.15, 0.2) is 23.1 Å². The Morgan fingerprint density at radius 1 is 1.35 bits per heavy atom. The second-order valence-electron chi connectivity index (χ2n) is 5.97. The van der Waals surface area contributed by atoms with Crippen LogP contribution in [0.25, 0.3) is 0 Å². The normalized spacial score (nSPS) is 17.4. The molecule has 0 aromatic heterocycles. The van der Waals surface area contributed by atoms with Gasteiger partial charge in [0.25, 0.3) is 0 Å². The van der Waals surface area contributed by atoms with Crippen molar-refractivity contribution in [1.29, 1.82) is 0 Å². The Balaban J connectivity index is 2.16. The first-order valence-corrected chi connectivity index (χ1v) is 8.26. The lowest BCUT2D eigenvalue weighted by atomic mass is 10.2. The summed E-state index contributed by atoms with van der Waals surface area (Å²) in [5, 5.41) is 3.16. The number of hydrogen-bond acceptors (Lipinski definition) is 3. The first-order chi connectivity index (χ1) is 9.22. The van der Waals surface area contributed by atoms with Crippen LogP contribution in [-0.2, 0) is 16.6 Å². The van der Waals surface area contributed by atoms with E-state index in [2.05, 4.69) is 10.0 Å². The second kappa shape index (κ2) is 5.42. The SMILES string of the molecule is CC(C)NCc1ccc(S(=O)(=O)NC2(C)CC2)c(F)c1. The molecule has 1 aromatic rings. The van der Waals surface area contributed by atoms with Crippen LogP contribution in [-0.4, -0.2) is 20.0 Å². The van der Waals surface area contributed by atoms with E-state index in [9.17, 15) is 12.8 Å². The molecule has 2 N–H and O–H groups in total. The van der Waals surface area contributed by atoms with Gasteiger partial charge in [0.05, 0.1) is 0 Å². The highest BCUT2D eigenvalue weighted by atomic mass is 32.2. The molecule has 0 aliphatic heterocycles. The molecule has 20 heavy (non-hydrogen) atoms. The first kappa shape index (κ1) is 15.4. The fraction of sp³-hybridized carbons (Fsp3) is 0.571. The minimum Gasteiger partial charge on any atom is -0.310 e. The summed E-state index contributed by atoms with van der Waals surface area (Å²) in [4.78, 5) is -0.279. The van der Waals surface area contributed by atoms with Crippen LogP contribution >= 0.6 is 0 Å². The average molecular weight is 300 g/mol. The van der Waals surface area contributed by atoms with Crippen molar-refractivity contribution in [1.82, 2.24) is 10.0 Å². The maximum atomic E-state index is 14.0. The van der Waals surface area contributed by atoms with E-state index in [-0.39, 0.29) is 10.9 Å². The number of hydrogen-bond donors (Lipinski definition) is 2. The Labute approximate surface area is 119 Å². The summed E-state index contributed by atoms with van der Waals surface area (Å²) >= 11 is 0. The number of rotatable bonds is 6. The molecular weight excluding hydrogens is 279 g/mol. The molecule has 112 valence electrons. The summed E-state index contributed by atoms with van der Waals surface area (Å²) in [7, 11) is -3.78. The molecule has 0 saturated heterocycles. The summed E-state index contributed by atoms with van der Waals surface area (Å²) < 4.78 is 40.8. The summed E-state index contributed by atoms with van der Waals surface area (Å²) in [5.74, 6) is -0.704. The quantitative estimate of drug-likeness (QED) is 0.846. The summed E-state index contributed by atoms with van der Waals surface area (Å²) in [6.45, 7) is 6.33. The summed E-state index contributed by atoms with van der Waals surface area (Å²) in [6, 6.07) is 4.54. The maximum absolute atomic E-state index is 14.0. The van der Waals surface area contributed by atoms with E-state index in [1.165, 1.54) is 12.1 Å². The average Bonchev–Trinajstić information content (AvgIpc) is 3.02. The van der Waals surface area contributed by atoms with Crippen molar-refractivity contribution >= 4 is 10.0 Å². The van der Waals surface area contributed by atoms with Crippen LogP contribution in [0.3, 0.4) is 0 Å². The van der Waals surface area contributed by atoms with Crippen LogP contribution in [0.1, 0.15) is 39.2 Å². The topological polar surface area (TPSA) is 58.2 Å². The van der Waals surface area contributed by atoms with Gasteiger partial charge in [-0.15, -0.1) is 0 Å². The van der Waals surface area contributed by atoms with Crippen LogP contribution in [0.5, 0.6) is 0 Å². The summed E-state index contributed by atoms with van der Waals surface area (Å²) in [5.41, 5.74) is 0.330.